The summed E-state index contributed by atoms with van der Waals surface area (Å²) in [6.07, 6.45) is -4.35. The van der Waals surface area contributed by atoms with E-state index < -0.39 is 24.6 Å². The van der Waals surface area contributed by atoms with E-state index in [2.05, 4.69) is 4.74 Å². The molecule has 0 spiro atoms. The minimum atomic E-state index is -4.35. The van der Waals surface area contributed by atoms with Crippen LogP contribution in [0, 0.1) is 5.92 Å². The fraction of sp³-hybridized carbons (Fsp3) is 0.900. The molecular weight excluding hydrogens is 237 g/mol. The molecule has 0 aliphatic carbocycles. The summed E-state index contributed by atoms with van der Waals surface area (Å²) in [7, 11) is 1.20. The van der Waals surface area contributed by atoms with Crippen molar-refractivity contribution in [3.8, 4) is 0 Å². The van der Waals surface area contributed by atoms with Crippen LogP contribution in [0.5, 0.6) is 0 Å². The minimum absolute atomic E-state index is 0.166. The number of rotatable bonds is 6. The van der Waals surface area contributed by atoms with E-state index in [1.54, 1.807) is 13.8 Å². The van der Waals surface area contributed by atoms with Crippen molar-refractivity contribution in [2.24, 2.45) is 11.7 Å². The zero-order chi connectivity index (χ0) is 13.6. The van der Waals surface area contributed by atoms with E-state index in [0.29, 0.717) is 0 Å². The monoisotopic (exact) mass is 256 g/mol. The molecule has 0 rings (SSSR count). The summed E-state index contributed by atoms with van der Waals surface area (Å²) in [6.45, 7) is 2.47. The Hall–Kier alpha value is -0.820. The van der Waals surface area contributed by atoms with Gasteiger partial charge in [0.2, 0.25) is 0 Å². The van der Waals surface area contributed by atoms with Gasteiger partial charge in [0.25, 0.3) is 0 Å². The number of carbonyl (C=O) groups excluding carboxylic acids is 1. The van der Waals surface area contributed by atoms with Crippen LogP contribution in [0.1, 0.15) is 13.8 Å². The number of ether oxygens (including phenoxy) is 1. The smallest absolute Gasteiger partial charge is 0.394 e. The van der Waals surface area contributed by atoms with Crippen LogP contribution in [0.25, 0.3) is 0 Å². The Kier molecular flexibility index (Phi) is 6.48. The second kappa shape index (κ2) is 6.80. The number of alkyl halides is 3. The third-order valence-electron chi connectivity index (χ3n) is 2.49. The first kappa shape index (κ1) is 16.2. The Morgan fingerprint density at radius 1 is 1.41 bits per heavy atom. The Morgan fingerprint density at radius 3 is 2.24 bits per heavy atom. The van der Waals surface area contributed by atoms with Crippen molar-refractivity contribution >= 4 is 5.97 Å². The molecule has 0 aliphatic heterocycles. The summed E-state index contributed by atoms with van der Waals surface area (Å²) in [4.78, 5) is 12.5. The number of carbonyl (C=O) groups is 1. The first-order valence-electron chi connectivity index (χ1n) is 5.30. The molecule has 0 aromatic rings. The second-order valence-electron chi connectivity index (χ2n) is 4.07. The predicted molar refractivity (Wildman–Crippen MR) is 57.3 cm³/mol. The van der Waals surface area contributed by atoms with Crippen LogP contribution in [-0.2, 0) is 9.53 Å². The van der Waals surface area contributed by atoms with Crippen molar-refractivity contribution in [3.05, 3.63) is 0 Å². The summed E-state index contributed by atoms with van der Waals surface area (Å²) >= 11 is 0. The number of esters is 1. The average Bonchev–Trinajstić information content (AvgIpc) is 2.21. The molecule has 1 unspecified atom stereocenters. The molecule has 1 atom stereocenters. The minimum Gasteiger partial charge on any atom is -0.468 e. The van der Waals surface area contributed by atoms with Crippen molar-refractivity contribution in [2.75, 3.05) is 26.7 Å². The SMILES string of the molecule is COC(=O)CN(CC(CN)C(F)(F)F)C(C)C. The summed E-state index contributed by atoms with van der Waals surface area (Å²) in [5.74, 6) is -2.19. The molecule has 2 N–H and O–H groups in total. The third-order valence-corrected chi connectivity index (χ3v) is 2.49. The predicted octanol–water partition coefficient (Wildman–Crippen LogP) is 1.01. The Labute approximate surface area is 98.9 Å². The highest BCUT2D eigenvalue weighted by Crippen LogP contribution is 2.26. The lowest BCUT2D eigenvalue weighted by Gasteiger charge is -2.30. The first-order valence-corrected chi connectivity index (χ1v) is 5.30. The van der Waals surface area contributed by atoms with Gasteiger partial charge in [0.05, 0.1) is 19.6 Å². The number of halogens is 3. The van der Waals surface area contributed by atoms with Gasteiger partial charge in [0.15, 0.2) is 0 Å². The molecule has 0 aromatic heterocycles. The molecule has 0 amide bonds. The molecule has 0 aliphatic rings. The van der Waals surface area contributed by atoms with Crippen molar-refractivity contribution in [2.45, 2.75) is 26.1 Å². The van der Waals surface area contributed by atoms with E-state index in [1.807, 2.05) is 0 Å². The molecule has 0 heterocycles. The van der Waals surface area contributed by atoms with E-state index in [-0.39, 0.29) is 19.1 Å². The summed E-state index contributed by atoms with van der Waals surface area (Å²) in [5.41, 5.74) is 5.11. The third kappa shape index (κ3) is 5.88. The van der Waals surface area contributed by atoms with Gasteiger partial charge in [-0.1, -0.05) is 0 Å². The van der Waals surface area contributed by atoms with Crippen LogP contribution in [0.4, 0.5) is 13.2 Å². The Bertz CT molecular complexity index is 244. The van der Waals surface area contributed by atoms with Gasteiger partial charge in [-0.3, -0.25) is 9.69 Å². The molecular formula is C10H19F3N2O2. The van der Waals surface area contributed by atoms with Crippen molar-refractivity contribution in [1.82, 2.24) is 4.90 Å². The van der Waals surface area contributed by atoms with Crippen molar-refractivity contribution < 1.29 is 22.7 Å². The van der Waals surface area contributed by atoms with E-state index in [9.17, 15) is 18.0 Å². The van der Waals surface area contributed by atoms with Gasteiger partial charge < -0.3 is 10.5 Å². The van der Waals surface area contributed by atoms with E-state index in [4.69, 9.17) is 5.73 Å². The van der Waals surface area contributed by atoms with E-state index in [1.165, 1.54) is 12.0 Å². The summed E-state index contributed by atoms with van der Waals surface area (Å²) < 4.78 is 42.1. The Morgan fingerprint density at radius 2 is 1.94 bits per heavy atom. The van der Waals surface area contributed by atoms with E-state index in [0.717, 1.165) is 0 Å². The Balaban J connectivity index is 4.57. The number of methoxy groups -OCH3 is 1. The molecule has 17 heavy (non-hydrogen) atoms. The molecule has 0 radical (unpaired) electrons. The maximum atomic E-state index is 12.5. The normalized spacial score (nSPS) is 14.2. The van der Waals surface area contributed by atoms with Crippen LogP contribution in [0.2, 0.25) is 0 Å². The molecule has 7 heteroatoms. The highest BCUT2D eigenvalue weighted by Gasteiger charge is 2.40. The lowest BCUT2D eigenvalue weighted by molar-refractivity contribution is -0.178. The molecule has 0 bridgehead atoms. The number of hydrogen-bond acceptors (Lipinski definition) is 4. The topological polar surface area (TPSA) is 55.6 Å². The van der Waals surface area contributed by atoms with Crippen molar-refractivity contribution in [3.63, 3.8) is 0 Å². The molecule has 0 aromatic carbocycles. The second-order valence-corrected chi connectivity index (χ2v) is 4.07. The molecule has 0 saturated heterocycles. The van der Waals surface area contributed by atoms with Crippen LogP contribution >= 0.6 is 0 Å². The lowest BCUT2D eigenvalue weighted by Crippen LogP contribution is -2.45. The number of nitrogens with two attached hydrogens (primary N) is 1. The molecule has 0 saturated carbocycles. The summed E-state index contributed by atoms with van der Waals surface area (Å²) in [5, 5.41) is 0. The highest BCUT2D eigenvalue weighted by molar-refractivity contribution is 5.71. The van der Waals surface area contributed by atoms with E-state index >= 15 is 0 Å². The first-order chi connectivity index (χ1) is 7.72. The zero-order valence-electron chi connectivity index (χ0n) is 10.3. The molecule has 102 valence electrons. The number of hydrogen-bond donors (Lipinski definition) is 1. The molecule has 4 nitrogen and oxygen atoms in total. The van der Waals surface area contributed by atoms with Gasteiger partial charge in [-0.2, -0.15) is 13.2 Å². The quantitative estimate of drug-likeness (QED) is 0.720. The fourth-order valence-electron chi connectivity index (χ4n) is 1.28. The maximum absolute atomic E-state index is 12.5. The van der Waals surface area contributed by atoms with Crippen molar-refractivity contribution in [1.29, 1.82) is 0 Å². The zero-order valence-corrected chi connectivity index (χ0v) is 10.3. The average molecular weight is 256 g/mol. The van der Waals surface area contributed by atoms with Gasteiger partial charge in [-0.05, 0) is 13.8 Å². The van der Waals surface area contributed by atoms with Crippen LogP contribution in [-0.4, -0.2) is 49.8 Å². The molecule has 0 fully saturated rings. The van der Waals surface area contributed by atoms with Crippen LogP contribution in [0.15, 0.2) is 0 Å². The number of nitrogens with zero attached hydrogens (tertiary/aromatic N) is 1. The van der Waals surface area contributed by atoms with Gasteiger partial charge in [-0.15, -0.1) is 0 Å². The lowest BCUT2D eigenvalue weighted by atomic mass is 10.1. The van der Waals surface area contributed by atoms with Gasteiger partial charge in [0, 0.05) is 19.1 Å². The van der Waals surface area contributed by atoms with Gasteiger partial charge in [-0.25, -0.2) is 0 Å². The van der Waals surface area contributed by atoms with Crippen LogP contribution < -0.4 is 5.73 Å². The maximum Gasteiger partial charge on any atom is 0.394 e. The van der Waals surface area contributed by atoms with Gasteiger partial charge in [0.1, 0.15) is 0 Å². The summed E-state index contributed by atoms with van der Waals surface area (Å²) in [6, 6.07) is -0.189. The largest absolute Gasteiger partial charge is 0.468 e. The van der Waals surface area contributed by atoms with Gasteiger partial charge >= 0.3 is 12.1 Å². The standard InChI is InChI=1S/C10H19F3N2O2/c1-7(2)15(6-9(16)17-3)5-8(4-14)10(11,12)13/h7-8H,4-6,14H2,1-3H3. The van der Waals surface area contributed by atoms with Crippen LogP contribution in [0.3, 0.4) is 0 Å². The fourth-order valence-corrected chi connectivity index (χ4v) is 1.28. The highest BCUT2D eigenvalue weighted by atomic mass is 19.4.